The smallest absolute Gasteiger partial charge is 0.328 e. The van der Waals surface area contributed by atoms with Crippen molar-refractivity contribution < 1.29 is 14.3 Å². The molecule has 18 heavy (non-hydrogen) atoms. The first-order chi connectivity index (χ1) is 8.28. The summed E-state index contributed by atoms with van der Waals surface area (Å²) >= 11 is 0. The molecule has 0 saturated carbocycles. The Kier molecular flexibility index (Phi) is 4.93. The van der Waals surface area contributed by atoms with Crippen LogP contribution in [0, 0.1) is 5.92 Å². The van der Waals surface area contributed by atoms with Crippen LogP contribution in [0.3, 0.4) is 0 Å². The van der Waals surface area contributed by atoms with Gasteiger partial charge in [0.1, 0.15) is 11.6 Å². The first kappa shape index (κ1) is 14.7. The van der Waals surface area contributed by atoms with Crippen molar-refractivity contribution in [2.45, 2.75) is 58.6 Å². The molecule has 0 bridgehead atoms. The van der Waals surface area contributed by atoms with Gasteiger partial charge >= 0.3 is 5.97 Å². The van der Waals surface area contributed by atoms with Crippen molar-refractivity contribution in [3.63, 3.8) is 0 Å². The molecule has 102 valence electrons. The summed E-state index contributed by atoms with van der Waals surface area (Å²) in [6.07, 6.45) is 6.67. The van der Waals surface area contributed by atoms with Crippen LogP contribution in [0.4, 0.5) is 0 Å². The second kappa shape index (κ2) is 6.03. The summed E-state index contributed by atoms with van der Waals surface area (Å²) in [5.41, 5.74) is -0.524. The molecule has 1 amide bonds. The van der Waals surface area contributed by atoms with Crippen LogP contribution in [0.2, 0.25) is 0 Å². The second-order valence-corrected chi connectivity index (χ2v) is 5.79. The Labute approximate surface area is 109 Å². The number of ether oxygens (including phenoxy) is 1. The van der Waals surface area contributed by atoms with Gasteiger partial charge in [-0.25, -0.2) is 4.79 Å². The van der Waals surface area contributed by atoms with Crippen LogP contribution in [-0.4, -0.2) is 23.5 Å². The molecule has 0 fully saturated rings. The quantitative estimate of drug-likeness (QED) is 0.617. The fourth-order valence-electron chi connectivity index (χ4n) is 1.85. The molecule has 1 N–H and O–H groups in total. The van der Waals surface area contributed by atoms with E-state index in [4.69, 9.17) is 4.74 Å². The third kappa shape index (κ3) is 5.34. The van der Waals surface area contributed by atoms with E-state index in [1.165, 1.54) is 0 Å². The number of allylic oxidation sites excluding steroid dienone is 2. The van der Waals surface area contributed by atoms with Crippen LogP contribution in [0.15, 0.2) is 12.2 Å². The molecule has 0 aromatic carbocycles. The molecule has 1 rings (SSSR count). The molecule has 4 heteroatoms. The van der Waals surface area contributed by atoms with Gasteiger partial charge in [0.15, 0.2) is 0 Å². The SMILES string of the molecule is C[C@H](NC(=O)CC1C=CCC1)C(=O)OC(C)(C)C. The Hall–Kier alpha value is -1.32. The summed E-state index contributed by atoms with van der Waals surface area (Å²) in [6, 6.07) is -0.595. The molecule has 1 unspecified atom stereocenters. The van der Waals surface area contributed by atoms with Gasteiger partial charge in [0, 0.05) is 6.42 Å². The number of nitrogens with one attached hydrogen (secondary N) is 1. The topological polar surface area (TPSA) is 55.4 Å². The van der Waals surface area contributed by atoms with Gasteiger partial charge in [-0.05, 0) is 46.5 Å². The molecule has 2 atom stereocenters. The predicted molar refractivity (Wildman–Crippen MR) is 69.9 cm³/mol. The Morgan fingerprint density at radius 1 is 1.44 bits per heavy atom. The van der Waals surface area contributed by atoms with Crippen molar-refractivity contribution >= 4 is 11.9 Å². The molecule has 1 aliphatic rings. The van der Waals surface area contributed by atoms with Gasteiger partial charge in [0.25, 0.3) is 0 Å². The van der Waals surface area contributed by atoms with Crippen LogP contribution in [0.25, 0.3) is 0 Å². The molecule has 0 aromatic heterocycles. The molecule has 0 saturated heterocycles. The Morgan fingerprint density at radius 3 is 2.61 bits per heavy atom. The summed E-state index contributed by atoms with van der Waals surface area (Å²) in [7, 11) is 0. The largest absolute Gasteiger partial charge is 0.458 e. The molecule has 1 aliphatic carbocycles. The van der Waals surface area contributed by atoms with Crippen molar-refractivity contribution in [3.8, 4) is 0 Å². The lowest BCUT2D eigenvalue weighted by atomic mass is 10.0. The van der Waals surface area contributed by atoms with Crippen molar-refractivity contribution in [2.24, 2.45) is 5.92 Å². The van der Waals surface area contributed by atoms with Crippen LogP contribution >= 0.6 is 0 Å². The number of esters is 1. The molecule has 0 heterocycles. The molecule has 4 nitrogen and oxygen atoms in total. The lowest BCUT2D eigenvalue weighted by Crippen LogP contribution is -2.42. The number of carbonyl (C=O) groups excluding carboxylic acids is 2. The van der Waals surface area contributed by atoms with Gasteiger partial charge in [-0.15, -0.1) is 0 Å². The summed E-state index contributed by atoms with van der Waals surface area (Å²) in [5.74, 6) is -0.168. The van der Waals surface area contributed by atoms with E-state index in [1.54, 1.807) is 6.92 Å². The Morgan fingerprint density at radius 2 is 2.11 bits per heavy atom. The number of hydrogen-bond acceptors (Lipinski definition) is 3. The average molecular weight is 253 g/mol. The average Bonchev–Trinajstić information content (AvgIpc) is 2.67. The van der Waals surface area contributed by atoms with Crippen molar-refractivity contribution in [3.05, 3.63) is 12.2 Å². The molecule has 0 radical (unpaired) electrons. The van der Waals surface area contributed by atoms with E-state index in [0.717, 1.165) is 12.8 Å². The highest BCUT2D eigenvalue weighted by Crippen LogP contribution is 2.20. The minimum atomic E-state index is -0.595. The predicted octanol–water partition coefficient (Wildman–Crippen LogP) is 2.19. The minimum Gasteiger partial charge on any atom is -0.458 e. The molecular formula is C14H23NO3. The highest BCUT2D eigenvalue weighted by atomic mass is 16.6. The first-order valence-electron chi connectivity index (χ1n) is 6.47. The lowest BCUT2D eigenvalue weighted by Gasteiger charge is -2.22. The van der Waals surface area contributed by atoms with Crippen LogP contribution in [0.1, 0.15) is 47.0 Å². The van der Waals surface area contributed by atoms with Gasteiger partial charge in [0.2, 0.25) is 5.91 Å². The third-order valence-electron chi connectivity index (χ3n) is 2.70. The fourth-order valence-corrected chi connectivity index (χ4v) is 1.85. The van der Waals surface area contributed by atoms with Gasteiger partial charge < -0.3 is 10.1 Å². The minimum absolute atomic E-state index is 0.0927. The van der Waals surface area contributed by atoms with E-state index < -0.39 is 17.6 Å². The van der Waals surface area contributed by atoms with Crippen LogP contribution < -0.4 is 5.32 Å². The number of carbonyl (C=O) groups is 2. The van der Waals surface area contributed by atoms with Crippen molar-refractivity contribution in [1.29, 1.82) is 0 Å². The summed E-state index contributed by atoms with van der Waals surface area (Å²) in [5, 5.41) is 2.68. The molecule has 0 spiro atoms. The second-order valence-electron chi connectivity index (χ2n) is 5.79. The first-order valence-corrected chi connectivity index (χ1v) is 6.47. The van der Waals surface area contributed by atoms with Gasteiger partial charge in [0.05, 0.1) is 0 Å². The van der Waals surface area contributed by atoms with Crippen molar-refractivity contribution in [1.82, 2.24) is 5.32 Å². The maximum atomic E-state index is 11.7. The Balaban J connectivity index is 2.34. The van der Waals surface area contributed by atoms with Gasteiger partial charge in [-0.3, -0.25) is 4.79 Å². The number of rotatable bonds is 4. The zero-order valence-corrected chi connectivity index (χ0v) is 11.7. The zero-order valence-electron chi connectivity index (χ0n) is 11.7. The summed E-state index contributed by atoms with van der Waals surface area (Å²) in [4.78, 5) is 23.4. The van der Waals surface area contributed by atoms with E-state index in [-0.39, 0.29) is 5.91 Å². The van der Waals surface area contributed by atoms with Gasteiger partial charge in [-0.2, -0.15) is 0 Å². The van der Waals surface area contributed by atoms with E-state index in [9.17, 15) is 9.59 Å². The molecule has 0 aliphatic heterocycles. The third-order valence-corrected chi connectivity index (χ3v) is 2.70. The van der Waals surface area contributed by atoms with Crippen LogP contribution in [0.5, 0.6) is 0 Å². The Bertz CT molecular complexity index is 341. The zero-order chi connectivity index (χ0) is 13.8. The normalized spacial score (nSPS) is 20.6. The highest BCUT2D eigenvalue weighted by Gasteiger charge is 2.23. The van der Waals surface area contributed by atoms with Crippen molar-refractivity contribution in [2.75, 3.05) is 0 Å². The van der Waals surface area contributed by atoms with E-state index in [0.29, 0.717) is 12.3 Å². The monoisotopic (exact) mass is 253 g/mol. The summed E-state index contributed by atoms with van der Waals surface area (Å²) in [6.45, 7) is 7.07. The van der Waals surface area contributed by atoms with Crippen LogP contribution in [-0.2, 0) is 14.3 Å². The maximum Gasteiger partial charge on any atom is 0.328 e. The molecule has 0 aromatic rings. The number of hydrogen-bond donors (Lipinski definition) is 1. The number of amides is 1. The maximum absolute atomic E-state index is 11.7. The van der Waals surface area contributed by atoms with E-state index in [1.807, 2.05) is 20.8 Å². The lowest BCUT2D eigenvalue weighted by molar-refractivity contribution is -0.158. The molecular weight excluding hydrogens is 230 g/mol. The fraction of sp³-hybridized carbons (Fsp3) is 0.714. The summed E-state index contributed by atoms with van der Waals surface area (Å²) < 4.78 is 5.20. The standard InChI is InChI=1S/C14H23NO3/c1-10(13(17)18-14(2,3)4)15-12(16)9-11-7-5-6-8-11/h5,7,10-11H,6,8-9H2,1-4H3,(H,15,16)/t10-,11?/m0/s1. The van der Waals surface area contributed by atoms with E-state index in [2.05, 4.69) is 17.5 Å². The van der Waals surface area contributed by atoms with Gasteiger partial charge in [-0.1, -0.05) is 12.2 Å². The van der Waals surface area contributed by atoms with E-state index >= 15 is 0 Å². The highest BCUT2D eigenvalue weighted by molar-refractivity contribution is 5.84.